The van der Waals surface area contributed by atoms with Gasteiger partial charge >= 0.3 is 0 Å². The third-order valence-corrected chi connectivity index (χ3v) is 5.34. The number of aryl methyl sites for hydroxylation is 2. The highest BCUT2D eigenvalue weighted by Gasteiger charge is 2.34. The van der Waals surface area contributed by atoms with Gasteiger partial charge in [-0.25, -0.2) is 0 Å². The van der Waals surface area contributed by atoms with Gasteiger partial charge in [0.1, 0.15) is 5.82 Å². The van der Waals surface area contributed by atoms with Crippen molar-refractivity contribution >= 4 is 5.91 Å². The Balaban J connectivity index is 1.47. The normalized spacial score (nSPS) is 20.5. The van der Waals surface area contributed by atoms with Crippen LogP contribution in [0.1, 0.15) is 49.4 Å². The molecule has 0 bridgehead atoms. The first kappa shape index (κ1) is 15.4. The number of hydrogen-bond acceptors (Lipinski definition) is 3. The van der Waals surface area contributed by atoms with Crippen LogP contribution in [0.5, 0.6) is 0 Å². The zero-order valence-corrected chi connectivity index (χ0v) is 14.2. The van der Waals surface area contributed by atoms with Crippen LogP contribution in [-0.2, 0) is 24.2 Å². The molecule has 1 aliphatic carbocycles. The molecule has 1 aromatic heterocycles. The van der Waals surface area contributed by atoms with E-state index < -0.39 is 0 Å². The second kappa shape index (κ2) is 6.38. The predicted octanol–water partition coefficient (Wildman–Crippen LogP) is 2.77. The number of carbonyl (C=O) groups excluding carboxylic acids is 1. The second-order valence-corrected chi connectivity index (χ2v) is 7.08. The van der Waals surface area contributed by atoms with Gasteiger partial charge in [0.2, 0.25) is 5.91 Å². The van der Waals surface area contributed by atoms with Crippen LogP contribution in [0.15, 0.2) is 30.3 Å². The first-order valence-corrected chi connectivity index (χ1v) is 8.97. The molecule has 0 saturated heterocycles. The summed E-state index contributed by atoms with van der Waals surface area (Å²) in [5, 5.41) is 8.79. The molecular weight excluding hydrogens is 300 g/mol. The van der Waals surface area contributed by atoms with Crippen LogP contribution in [-0.4, -0.2) is 32.1 Å². The van der Waals surface area contributed by atoms with Gasteiger partial charge in [-0.2, -0.15) is 0 Å². The van der Waals surface area contributed by atoms with E-state index in [9.17, 15) is 4.79 Å². The average Bonchev–Trinajstić information content (AvgIpc) is 2.96. The zero-order valence-electron chi connectivity index (χ0n) is 14.2. The minimum atomic E-state index is 0.249. The molecule has 4 rings (SSSR count). The number of aromatic nitrogens is 3. The van der Waals surface area contributed by atoms with Crippen molar-refractivity contribution in [2.24, 2.45) is 5.92 Å². The third-order valence-electron chi connectivity index (χ3n) is 5.34. The summed E-state index contributed by atoms with van der Waals surface area (Å²) in [4.78, 5) is 14.5. The van der Waals surface area contributed by atoms with Crippen LogP contribution >= 0.6 is 0 Å². The monoisotopic (exact) mass is 324 g/mol. The van der Waals surface area contributed by atoms with E-state index in [2.05, 4.69) is 46.0 Å². The van der Waals surface area contributed by atoms with Gasteiger partial charge in [-0.1, -0.05) is 36.8 Å². The van der Waals surface area contributed by atoms with E-state index in [4.69, 9.17) is 0 Å². The zero-order chi connectivity index (χ0) is 16.5. The lowest BCUT2D eigenvalue weighted by Crippen LogP contribution is -2.44. The smallest absolute Gasteiger partial charge is 0.226 e. The number of hydrogen-bond donors (Lipinski definition) is 0. The number of nitrogens with zero attached hydrogens (tertiary/aromatic N) is 4. The second-order valence-electron chi connectivity index (χ2n) is 7.08. The van der Waals surface area contributed by atoms with Gasteiger partial charge in [-0.05, 0) is 31.7 Å². The molecular formula is C19H24N4O. The molecule has 2 aliphatic rings. The van der Waals surface area contributed by atoms with Crippen LogP contribution in [0.25, 0.3) is 0 Å². The summed E-state index contributed by atoms with van der Waals surface area (Å²) < 4.78 is 2.24. The van der Waals surface area contributed by atoms with Gasteiger partial charge in [-0.3, -0.25) is 4.79 Å². The first-order valence-electron chi connectivity index (χ1n) is 8.97. The lowest BCUT2D eigenvalue weighted by Gasteiger charge is -2.36. The minimum Gasteiger partial charge on any atom is -0.333 e. The number of carbonyl (C=O) groups is 1. The quantitative estimate of drug-likeness (QED) is 0.869. The number of fused-ring (bicyclic) bond motifs is 1. The highest BCUT2D eigenvalue weighted by atomic mass is 16.2. The summed E-state index contributed by atoms with van der Waals surface area (Å²) in [6.45, 7) is 3.55. The lowest BCUT2D eigenvalue weighted by molar-refractivity contribution is -0.140. The largest absolute Gasteiger partial charge is 0.333 e. The van der Waals surface area contributed by atoms with E-state index in [1.807, 2.05) is 11.0 Å². The molecule has 1 fully saturated rings. The first-order chi connectivity index (χ1) is 11.7. The maximum absolute atomic E-state index is 12.5. The Hall–Kier alpha value is -2.17. The fraction of sp³-hybridized carbons (Fsp3) is 0.526. The van der Waals surface area contributed by atoms with Gasteiger partial charge in [0.05, 0.1) is 12.6 Å². The van der Waals surface area contributed by atoms with Gasteiger partial charge in [0, 0.05) is 18.9 Å². The predicted molar refractivity (Wildman–Crippen MR) is 91.3 cm³/mol. The van der Waals surface area contributed by atoms with E-state index in [0.717, 1.165) is 43.9 Å². The number of rotatable bonds is 4. The highest BCUT2D eigenvalue weighted by Crippen LogP contribution is 2.31. The van der Waals surface area contributed by atoms with Crippen molar-refractivity contribution in [3.63, 3.8) is 0 Å². The van der Waals surface area contributed by atoms with Crippen molar-refractivity contribution < 1.29 is 4.79 Å². The molecule has 5 nitrogen and oxygen atoms in total. The van der Waals surface area contributed by atoms with Crippen molar-refractivity contribution in [3.8, 4) is 0 Å². The highest BCUT2D eigenvalue weighted by molar-refractivity contribution is 5.79. The topological polar surface area (TPSA) is 51.0 Å². The fourth-order valence-corrected chi connectivity index (χ4v) is 3.77. The van der Waals surface area contributed by atoms with E-state index >= 15 is 0 Å². The molecule has 5 heteroatoms. The summed E-state index contributed by atoms with van der Waals surface area (Å²) in [5.74, 6) is 2.54. The lowest BCUT2D eigenvalue weighted by atomic mass is 9.84. The molecule has 126 valence electrons. The Morgan fingerprint density at radius 1 is 1.17 bits per heavy atom. The van der Waals surface area contributed by atoms with Crippen LogP contribution in [0.4, 0.5) is 0 Å². The molecule has 1 aromatic carbocycles. The molecule has 0 unspecified atom stereocenters. The van der Waals surface area contributed by atoms with Crippen molar-refractivity contribution in [3.05, 3.63) is 47.5 Å². The summed E-state index contributed by atoms with van der Waals surface area (Å²) in [6.07, 6.45) is 5.16. The third kappa shape index (κ3) is 2.83. The SMILES string of the molecule is C[C@H]1CN(C(=O)C2CCC2)Cc2nnc(CCc3ccccc3)n21. The van der Waals surface area contributed by atoms with Crippen LogP contribution in [0.3, 0.4) is 0 Å². The van der Waals surface area contributed by atoms with Gasteiger partial charge in [0.25, 0.3) is 0 Å². The van der Waals surface area contributed by atoms with Crippen LogP contribution < -0.4 is 0 Å². The summed E-state index contributed by atoms with van der Waals surface area (Å²) in [7, 11) is 0. The molecule has 24 heavy (non-hydrogen) atoms. The van der Waals surface area contributed by atoms with Gasteiger partial charge in [-0.15, -0.1) is 10.2 Å². The Kier molecular flexibility index (Phi) is 4.08. The van der Waals surface area contributed by atoms with E-state index in [1.165, 1.54) is 12.0 Å². The van der Waals surface area contributed by atoms with Crippen molar-refractivity contribution in [1.82, 2.24) is 19.7 Å². The van der Waals surface area contributed by atoms with Crippen molar-refractivity contribution in [1.29, 1.82) is 0 Å². The maximum atomic E-state index is 12.5. The molecule has 0 N–H and O–H groups in total. The molecule has 1 aliphatic heterocycles. The van der Waals surface area contributed by atoms with Crippen molar-refractivity contribution in [2.75, 3.05) is 6.54 Å². The number of benzene rings is 1. The molecule has 0 radical (unpaired) electrons. The Morgan fingerprint density at radius 3 is 2.67 bits per heavy atom. The molecule has 1 atom stereocenters. The number of amides is 1. The van der Waals surface area contributed by atoms with Gasteiger partial charge in [0.15, 0.2) is 5.82 Å². The summed E-state index contributed by atoms with van der Waals surface area (Å²) in [6, 6.07) is 10.7. The summed E-state index contributed by atoms with van der Waals surface area (Å²) in [5.41, 5.74) is 1.32. The van der Waals surface area contributed by atoms with E-state index in [-0.39, 0.29) is 12.0 Å². The standard InChI is InChI=1S/C19H24N4O/c1-14-12-22(19(24)16-8-5-9-16)13-18-21-20-17(23(14)18)11-10-15-6-3-2-4-7-15/h2-4,6-7,14,16H,5,8-13H2,1H3/t14-/m0/s1. The average molecular weight is 324 g/mol. The van der Waals surface area contributed by atoms with Crippen LogP contribution in [0, 0.1) is 5.92 Å². The Morgan fingerprint density at radius 2 is 1.96 bits per heavy atom. The van der Waals surface area contributed by atoms with Crippen LogP contribution in [0.2, 0.25) is 0 Å². The van der Waals surface area contributed by atoms with Gasteiger partial charge < -0.3 is 9.47 Å². The van der Waals surface area contributed by atoms with Crippen molar-refractivity contribution in [2.45, 2.75) is 51.6 Å². The molecule has 1 saturated carbocycles. The fourth-order valence-electron chi connectivity index (χ4n) is 3.77. The Bertz CT molecular complexity index is 720. The minimum absolute atomic E-state index is 0.249. The van der Waals surface area contributed by atoms with E-state index in [1.54, 1.807) is 0 Å². The molecule has 1 amide bonds. The maximum Gasteiger partial charge on any atom is 0.226 e. The van der Waals surface area contributed by atoms with E-state index in [0.29, 0.717) is 12.5 Å². The molecule has 0 spiro atoms. The molecule has 2 heterocycles. The summed E-state index contributed by atoms with van der Waals surface area (Å²) >= 11 is 0. The Labute approximate surface area is 142 Å². The molecule has 2 aromatic rings.